The maximum Gasteiger partial charge on any atom is 0.228 e. The van der Waals surface area contributed by atoms with E-state index < -0.39 is 17.4 Å². The van der Waals surface area contributed by atoms with E-state index in [1.54, 1.807) is 21.3 Å². The first-order chi connectivity index (χ1) is 20.7. The van der Waals surface area contributed by atoms with Gasteiger partial charge in [-0.25, -0.2) is 0 Å². The van der Waals surface area contributed by atoms with Crippen molar-refractivity contribution in [1.82, 2.24) is 0 Å². The Kier molecular flexibility index (Phi) is 9.17. The molecular formula is C29H42Br4O12. The minimum Gasteiger partial charge on any atom is -0.464 e. The molecule has 0 N–H and O–H groups in total. The summed E-state index contributed by atoms with van der Waals surface area (Å²) in [6.07, 6.45) is -0.286. The van der Waals surface area contributed by atoms with Crippen molar-refractivity contribution in [3.8, 4) is 0 Å². The lowest BCUT2D eigenvalue weighted by Crippen LogP contribution is -2.35. The summed E-state index contributed by atoms with van der Waals surface area (Å²) in [6, 6.07) is 0. The molecule has 2 aliphatic carbocycles. The van der Waals surface area contributed by atoms with Crippen molar-refractivity contribution < 1.29 is 56.8 Å². The summed E-state index contributed by atoms with van der Waals surface area (Å²) < 4.78 is 67.2. The van der Waals surface area contributed by atoms with Crippen molar-refractivity contribution in [3.05, 3.63) is 12.3 Å². The molecule has 2 spiro atoms. The maximum absolute atomic E-state index is 5.93. The SMILES string of the molecule is C=C1O[C@@H](OC)[C@@H]2OC(C)(C)O[C@H]12.CO[C@@H]1O[C@@]2(CC2(Br)Br)[C@@H]2OC(C)(C)OC12.CO[C@@H]1O[C@]2(CC2(Br)Br)[C@@H]2OC(C)(C)OC12. The molecule has 8 rings (SSSR count). The van der Waals surface area contributed by atoms with Crippen LogP contribution in [0.1, 0.15) is 54.4 Å². The van der Waals surface area contributed by atoms with Gasteiger partial charge in [-0.2, -0.15) is 0 Å². The standard InChI is InChI=1S/2C10H14Br2O4.C9H14O4/c2*1-8(2)14-5-6(15-8)9(4-10(9,11)12)16-7(5)13-3;1-5-6-7(8(10-4)11-5)13-9(2,3)12-6/h2*5-7H,4H2,1-3H3;6-8H,1H2,2-4H3/t5?,6-,7-,9+;5?,6-,7-,9-;6-,7-,8-/m111/s1. The number of fused-ring (bicyclic) bond motifs is 5. The molecule has 2 unspecified atom stereocenters. The second kappa shape index (κ2) is 11.5. The molecule has 0 aromatic rings. The number of alkyl halides is 4. The molecule has 45 heavy (non-hydrogen) atoms. The van der Waals surface area contributed by atoms with Gasteiger partial charge in [0.05, 0.1) is 0 Å². The van der Waals surface area contributed by atoms with Gasteiger partial charge >= 0.3 is 0 Å². The van der Waals surface area contributed by atoms with E-state index in [0.29, 0.717) is 5.76 Å². The van der Waals surface area contributed by atoms with E-state index in [9.17, 15) is 0 Å². The molecule has 16 heteroatoms. The van der Waals surface area contributed by atoms with E-state index in [0.717, 1.165) is 12.8 Å². The number of hydrogen-bond donors (Lipinski definition) is 0. The van der Waals surface area contributed by atoms with Gasteiger partial charge in [-0.3, -0.25) is 0 Å². The van der Waals surface area contributed by atoms with E-state index in [1.807, 2.05) is 41.5 Å². The molecule has 0 amide bonds. The zero-order valence-corrected chi connectivity index (χ0v) is 33.1. The molecule has 0 aromatic heterocycles. The number of rotatable bonds is 3. The second-order valence-corrected chi connectivity index (χ2v) is 21.3. The molecule has 8 fully saturated rings. The summed E-state index contributed by atoms with van der Waals surface area (Å²) in [7, 11) is 4.83. The van der Waals surface area contributed by atoms with Gasteiger partial charge in [0.2, 0.25) is 6.29 Å². The number of methoxy groups -OCH3 is 3. The van der Waals surface area contributed by atoms with Gasteiger partial charge in [-0.1, -0.05) is 70.3 Å². The third-order valence-corrected chi connectivity index (χ3v) is 12.8. The molecular weight excluding hydrogens is 860 g/mol. The van der Waals surface area contributed by atoms with Crippen LogP contribution in [-0.2, 0) is 56.8 Å². The number of halogens is 4. The Morgan fingerprint density at radius 2 is 0.911 bits per heavy atom. The Balaban J connectivity index is 0.000000120. The lowest BCUT2D eigenvalue weighted by atomic mass is 10.1. The quantitative estimate of drug-likeness (QED) is 0.343. The molecule has 8 aliphatic rings. The summed E-state index contributed by atoms with van der Waals surface area (Å²) in [6.45, 7) is 15.1. The zero-order chi connectivity index (χ0) is 33.2. The highest BCUT2D eigenvalue weighted by molar-refractivity contribution is 9.26. The van der Waals surface area contributed by atoms with Crippen molar-refractivity contribution in [2.24, 2.45) is 0 Å². The molecule has 2 saturated carbocycles. The Hall–Kier alpha value is 1.02. The highest BCUT2D eigenvalue weighted by Gasteiger charge is 2.81. The summed E-state index contributed by atoms with van der Waals surface area (Å²) >= 11 is 14.4. The van der Waals surface area contributed by atoms with Gasteiger partial charge in [0, 0.05) is 34.2 Å². The summed E-state index contributed by atoms with van der Waals surface area (Å²) in [5, 5.41) is 0. The van der Waals surface area contributed by atoms with Crippen LogP contribution in [0.15, 0.2) is 12.3 Å². The molecule has 0 radical (unpaired) electrons. The number of hydrogen-bond acceptors (Lipinski definition) is 12. The first kappa shape index (κ1) is 35.8. The van der Waals surface area contributed by atoms with Gasteiger partial charge < -0.3 is 56.8 Å². The van der Waals surface area contributed by atoms with Crippen molar-refractivity contribution >= 4 is 63.7 Å². The molecule has 258 valence electrons. The molecule has 0 aromatic carbocycles. The Morgan fingerprint density at radius 1 is 0.556 bits per heavy atom. The van der Waals surface area contributed by atoms with E-state index in [4.69, 9.17) is 56.8 Å². The predicted octanol–water partition coefficient (Wildman–Crippen LogP) is 5.30. The van der Waals surface area contributed by atoms with Crippen molar-refractivity contribution in [2.45, 2.75) is 145 Å². The van der Waals surface area contributed by atoms with Crippen molar-refractivity contribution in [2.75, 3.05) is 21.3 Å². The molecule has 11 atom stereocenters. The number of ether oxygens (including phenoxy) is 12. The average Bonchev–Trinajstić information content (AvgIpc) is 3.28. The summed E-state index contributed by atoms with van der Waals surface area (Å²) in [5.41, 5.74) is -0.738. The largest absolute Gasteiger partial charge is 0.464 e. The van der Waals surface area contributed by atoms with Crippen LogP contribution in [0.2, 0.25) is 0 Å². The van der Waals surface area contributed by atoms with Gasteiger partial charge in [-0.05, 0) is 41.5 Å². The fourth-order valence-electron chi connectivity index (χ4n) is 6.89. The van der Waals surface area contributed by atoms with Crippen molar-refractivity contribution in [3.63, 3.8) is 0 Å². The molecule has 6 saturated heterocycles. The van der Waals surface area contributed by atoms with Gasteiger partial charge in [0.25, 0.3) is 0 Å². The highest BCUT2D eigenvalue weighted by Crippen LogP contribution is 2.70. The van der Waals surface area contributed by atoms with Crippen LogP contribution in [0.3, 0.4) is 0 Å². The summed E-state index contributed by atoms with van der Waals surface area (Å²) in [5.74, 6) is -1.12. The third-order valence-electron chi connectivity index (χ3n) is 9.00. The molecule has 6 heterocycles. The highest BCUT2D eigenvalue weighted by atomic mass is 79.9. The van der Waals surface area contributed by atoms with Gasteiger partial charge in [0.1, 0.15) is 53.9 Å². The lowest BCUT2D eigenvalue weighted by Gasteiger charge is -2.24. The Morgan fingerprint density at radius 3 is 1.27 bits per heavy atom. The van der Waals surface area contributed by atoms with E-state index in [-0.39, 0.29) is 73.2 Å². The molecule has 12 nitrogen and oxygen atoms in total. The fourth-order valence-corrected chi connectivity index (χ4v) is 9.83. The summed E-state index contributed by atoms with van der Waals surface area (Å²) in [4.78, 5) is 0. The average molecular weight is 902 g/mol. The van der Waals surface area contributed by atoms with E-state index in [1.165, 1.54) is 0 Å². The minimum absolute atomic E-state index is 0.0915. The van der Waals surface area contributed by atoms with Crippen molar-refractivity contribution in [1.29, 1.82) is 0 Å². The van der Waals surface area contributed by atoms with Crippen LogP contribution in [0.5, 0.6) is 0 Å². The normalized spacial score (nSPS) is 49.0. The van der Waals surface area contributed by atoms with Crippen LogP contribution in [0, 0.1) is 0 Å². The van der Waals surface area contributed by atoms with E-state index in [2.05, 4.69) is 70.3 Å². The predicted molar refractivity (Wildman–Crippen MR) is 172 cm³/mol. The van der Waals surface area contributed by atoms with Gasteiger partial charge in [0.15, 0.2) is 36.0 Å². The second-order valence-electron chi connectivity index (χ2n) is 13.7. The Labute approximate surface area is 297 Å². The van der Waals surface area contributed by atoms with Crippen LogP contribution in [0.4, 0.5) is 0 Å². The van der Waals surface area contributed by atoms with Crippen LogP contribution in [-0.4, -0.2) is 112 Å². The molecule has 0 bridgehead atoms. The first-order valence-electron chi connectivity index (χ1n) is 14.8. The monoisotopic (exact) mass is 898 g/mol. The lowest BCUT2D eigenvalue weighted by molar-refractivity contribution is -0.232. The first-order valence-corrected chi connectivity index (χ1v) is 18.0. The van der Waals surface area contributed by atoms with Crippen LogP contribution >= 0.6 is 63.7 Å². The third kappa shape index (κ3) is 6.08. The fraction of sp³-hybridized carbons (Fsp3) is 0.931. The molecule has 6 aliphatic heterocycles. The smallest absolute Gasteiger partial charge is 0.228 e. The maximum atomic E-state index is 5.93. The Bertz CT molecular complexity index is 1120. The van der Waals surface area contributed by atoms with Crippen LogP contribution in [0.25, 0.3) is 0 Å². The van der Waals surface area contributed by atoms with E-state index >= 15 is 0 Å². The van der Waals surface area contributed by atoms with Gasteiger partial charge in [-0.15, -0.1) is 0 Å². The topological polar surface area (TPSA) is 111 Å². The minimum atomic E-state index is -0.571. The van der Waals surface area contributed by atoms with Crippen LogP contribution < -0.4 is 0 Å². The zero-order valence-electron chi connectivity index (χ0n) is 26.7.